The van der Waals surface area contributed by atoms with Crippen LogP contribution in [-0.4, -0.2) is 0 Å². The molecule has 32 heavy (non-hydrogen) atoms. The second-order valence-electron chi connectivity index (χ2n) is 6.92. The molecule has 0 aliphatic rings. The van der Waals surface area contributed by atoms with Crippen molar-refractivity contribution in [2.45, 2.75) is 0 Å². The minimum Gasteiger partial charge on any atom is -0.457 e. The average molecular weight is 414 g/mol. The monoisotopic (exact) mass is 414 g/mol. The van der Waals surface area contributed by atoms with Crippen molar-refractivity contribution in [1.29, 1.82) is 5.26 Å². The molecular formula is C28H18N2O2. The fourth-order valence-electron chi connectivity index (χ4n) is 2.94. The van der Waals surface area contributed by atoms with Crippen LogP contribution < -0.4 is 9.47 Å². The number of rotatable bonds is 6. The predicted molar refractivity (Wildman–Crippen MR) is 126 cm³/mol. The van der Waals surface area contributed by atoms with Gasteiger partial charge < -0.3 is 9.47 Å². The molecule has 4 nitrogen and oxygen atoms in total. The van der Waals surface area contributed by atoms with Gasteiger partial charge >= 0.3 is 0 Å². The van der Waals surface area contributed by atoms with Crippen LogP contribution in [0, 0.1) is 17.9 Å². The zero-order chi connectivity index (χ0) is 22.2. The Bertz CT molecular complexity index is 1190. The smallest absolute Gasteiger partial charge is 0.187 e. The number of benzene rings is 4. The summed E-state index contributed by atoms with van der Waals surface area (Å²) < 4.78 is 11.6. The van der Waals surface area contributed by atoms with Gasteiger partial charge in [-0.05, 0) is 71.8 Å². The van der Waals surface area contributed by atoms with Gasteiger partial charge in [0, 0.05) is 0 Å². The summed E-state index contributed by atoms with van der Waals surface area (Å²) in [5.74, 6) is 2.86. The molecule has 0 N–H and O–H groups in total. The number of nitrogens with zero attached hydrogens (tertiary/aromatic N) is 2. The van der Waals surface area contributed by atoms with Crippen LogP contribution in [0.1, 0.15) is 16.7 Å². The molecule has 0 unspecified atom stereocenters. The largest absolute Gasteiger partial charge is 0.457 e. The Morgan fingerprint density at radius 3 is 1.34 bits per heavy atom. The molecule has 0 radical (unpaired) electrons. The molecule has 4 heteroatoms. The van der Waals surface area contributed by atoms with Crippen LogP contribution in [-0.2, 0) is 0 Å². The zero-order valence-corrected chi connectivity index (χ0v) is 17.1. The van der Waals surface area contributed by atoms with Gasteiger partial charge in [-0.3, -0.25) is 0 Å². The molecule has 0 bridgehead atoms. The Kier molecular flexibility index (Phi) is 6.27. The second kappa shape index (κ2) is 9.80. The quantitative estimate of drug-likeness (QED) is 0.238. The van der Waals surface area contributed by atoms with Crippen molar-refractivity contribution < 1.29 is 9.47 Å². The third kappa shape index (κ3) is 5.42. The van der Waals surface area contributed by atoms with E-state index in [4.69, 9.17) is 21.3 Å². The van der Waals surface area contributed by atoms with Crippen LogP contribution >= 0.6 is 0 Å². The van der Waals surface area contributed by atoms with Gasteiger partial charge in [-0.2, -0.15) is 5.26 Å². The lowest BCUT2D eigenvalue weighted by atomic mass is 10.1. The molecular weight excluding hydrogens is 396 g/mol. The lowest BCUT2D eigenvalue weighted by molar-refractivity contribution is 0.482. The Morgan fingerprint density at radius 1 is 0.594 bits per heavy atom. The van der Waals surface area contributed by atoms with Crippen molar-refractivity contribution in [3.8, 4) is 29.1 Å². The Hall–Kier alpha value is -4.80. The molecule has 0 amide bonds. The highest BCUT2D eigenvalue weighted by atomic mass is 16.5. The van der Waals surface area contributed by atoms with E-state index in [0.29, 0.717) is 22.7 Å². The van der Waals surface area contributed by atoms with Crippen LogP contribution in [0.2, 0.25) is 0 Å². The van der Waals surface area contributed by atoms with Crippen molar-refractivity contribution in [1.82, 2.24) is 0 Å². The second-order valence-corrected chi connectivity index (χ2v) is 6.92. The van der Waals surface area contributed by atoms with Gasteiger partial charge in [-0.25, -0.2) is 4.85 Å². The summed E-state index contributed by atoms with van der Waals surface area (Å²) in [5, 5.41) is 8.86. The van der Waals surface area contributed by atoms with Crippen molar-refractivity contribution in [2.75, 3.05) is 0 Å². The minimum absolute atomic E-state index is 0.590. The standard InChI is InChI=1S/C28H18N2O2/c1-30-24-10-18-28(19-11-24)32-26-14-6-22(7-15-26)3-2-21-4-12-25(13-5-21)31-27-16-8-23(20-29)9-17-27/h2-19H/b3-2+. The summed E-state index contributed by atoms with van der Waals surface area (Å²) in [4.78, 5) is 3.38. The third-order valence-corrected chi connectivity index (χ3v) is 4.65. The van der Waals surface area contributed by atoms with E-state index in [0.717, 1.165) is 22.6 Å². The van der Waals surface area contributed by atoms with E-state index in [1.165, 1.54) is 0 Å². The van der Waals surface area contributed by atoms with Gasteiger partial charge in [0.25, 0.3) is 0 Å². The number of hydrogen-bond acceptors (Lipinski definition) is 3. The van der Waals surface area contributed by atoms with E-state index in [2.05, 4.69) is 10.9 Å². The van der Waals surface area contributed by atoms with Crippen LogP contribution in [0.5, 0.6) is 23.0 Å². The molecule has 0 atom stereocenters. The van der Waals surface area contributed by atoms with E-state index >= 15 is 0 Å². The van der Waals surface area contributed by atoms with Crippen LogP contribution in [0.15, 0.2) is 97.1 Å². The molecule has 4 rings (SSSR count). The highest BCUT2D eigenvalue weighted by Gasteiger charge is 2.00. The summed E-state index contributed by atoms with van der Waals surface area (Å²) >= 11 is 0. The maximum Gasteiger partial charge on any atom is 0.187 e. The molecule has 152 valence electrons. The first kappa shape index (κ1) is 20.5. The van der Waals surface area contributed by atoms with Gasteiger partial charge in [0.1, 0.15) is 23.0 Å². The first-order valence-electron chi connectivity index (χ1n) is 9.93. The molecule has 0 fully saturated rings. The number of nitriles is 1. The van der Waals surface area contributed by atoms with Gasteiger partial charge in [0.05, 0.1) is 18.2 Å². The Morgan fingerprint density at radius 2 is 0.969 bits per heavy atom. The fourth-order valence-corrected chi connectivity index (χ4v) is 2.94. The average Bonchev–Trinajstić information content (AvgIpc) is 2.85. The molecule has 0 aliphatic heterocycles. The van der Waals surface area contributed by atoms with E-state index < -0.39 is 0 Å². The molecule has 0 saturated heterocycles. The molecule has 0 heterocycles. The molecule has 0 aliphatic carbocycles. The molecule has 0 saturated carbocycles. The van der Waals surface area contributed by atoms with Crippen molar-refractivity contribution in [2.24, 2.45) is 0 Å². The molecule has 4 aromatic rings. The summed E-state index contributed by atoms with van der Waals surface area (Å²) in [5.41, 5.74) is 3.30. The van der Waals surface area contributed by atoms with Crippen LogP contribution in [0.3, 0.4) is 0 Å². The van der Waals surface area contributed by atoms with Crippen LogP contribution in [0.4, 0.5) is 5.69 Å². The fraction of sp³-hybridized carbons (Fsp3) is 0. The third-order valence-electron chi connectivity index (χ3n) is 4.65. The predicted octanol–water partition coefficient (Wildman–Crippen LogP) is 7.86. The SMILES string of the molecule is [C-]#[N+]c1ccc(Oc2ccc(/C=C/c3ccc(Oc4ccc(C#N)cc4)cc3)cc2)cc1. The molecule has 0 aromatic heterocycles. The summed E-state index contributed by atoms with van der Waals surface area (Å²) in [6.07, 6.45) is 4.06. The highest BCUT2D eigenvalue weighted by Crippen LogP contribution is 2.25. The van der Waals surface area contributed by atoms with Gasteiger partial charge in [0.15, 0.2) is 5.69 Å². The highest BCUT2D eigenvalue weighted by molar-refractivity contribution is 5.70. The van der Waals surface area contributed by atoms with Gasteiger partial charge in [0.2, 0.25) is 0 Å². The van der Waals surface area contributed by atoms with Crippen molar-refractivity contribution in [3.63, 3.8) is 0 Å². The molecule has 4 aromatic carbocycles. The maximum absolute atomic E-state index is 8.86. The first-order chi connectivity index (χ1) is 15.7. The number of hydrogen-bond donors (Lipinski definition) is 0. The zero-order valence-electron chi connectivity index (χ0n) is 17.1. The topological polar surface area (TPSA) is 46.6 Å². The summed E-state index contributed by atoms with van der Waals surface area (Å²) in [7, 11) is 0. The van der Waals surface area contributed by atoms with Crippen molar-refractivity contribution in [3.05, 3.63) is 125 Å². The summed E-state index contributed by atoms with van der Waals surface area (Å²) in [6.45, 7) is 6.99. The minimum atomic E-state index is 0.590. The van der Waals surface area contributed by atoms with Crippen molar-refractivity contribution >= 4 is 17.8 Å². The van der Waals surface area contributed by atoms with E-state index in [-0.39, 0.29) is 0 Å². The van der Waals surface area contributed by atoms with E-state index in [1.54, 1.807) is 48.5 Å². The lowest BCUT2D eigenvalue weighted by Crippen LogP contribution is -1.85. The van der Waals surface area contributed by atoms with Crippen LogP contribution in [0.25, 0.3) is 17.0 Å². The normalized spacial score (nSPS) is 10.3. The Balaban J connectivity index is 1.35. The van der Waals surface area contributed by atoms with Gasteiger partial charge in [-0.15, -0.1) is 0 Å². The summed E-state index contributed by atoms with van der Waals surface area (Å²) in [6, 6.07) is 31.8. The van der Waals surface area contributed by atoms with E-state index in [9.17, 15) is 0 Å². The molecule has 0 spiro atoms. The van der Waals surface area contributed by atoms with E-state index in [1.807, 2.05) is 60.7 Å². The van der Waals surface area contributed by atoms with Gasteiger partial charge in [-0.1, -0.05) is 48.6 Å². The first-order valence-corrected chi connectivity index (χ1v) is 9.93. The number of ether oxygens (including phenoxy) is 2. The Labute approximate surface area is 187 Å². The lowest BCUT2D eigenvalue weighted by Gasteiger charge is -2.06. The maximum atomic E-state index is 8.86.